The average molecular weight is 353 g/mol. The molecule has 1 amide bonds. The van der Waals surface area contributed by atoms with Gasteiger partial charge in [0.05, 0.1) is 25.9 Å². The van der Waals surface area contributed by atoms with Crippen molar-refractivity contribution < 1.29 is 19.2 Å². The van der Waals surface area contributed by atoms with Crippen molar-refractivity contribution in [2.24, 2.45) is 0 Å². The highest BCUT2D eigenvalue weighted by Gasteiger charge is 2.23. The monoisotopic (exact) mass is 353 g/mol. The molecule has 2 aromatic carbocycles. The molecule has 2 N–H and O–H groups in total. The summed E-state index contributed by atoms with van der Waals surface area (Å²) in [5.74, 6) is 0.838. The molecule has 1 fully saturated rings. The van der Waals surface area contributed by atoms with Gasteiger partial charge < -0.3 is 19.7 Å². The van der Waals surface area contributed by atoms with Crippen LogP contribution in [0.3, 0.4) is 0 Å². The second-order valence-corrected chi connectivity index (χ2v) is 6.94. The average Bonchev–Trinajstić information content (AvgIpc) is 2.70. The maximum Gasteiger partial charge on any atom is 0.251 e. The van der Waals surface area contributed by atoms with Gasteiger partial charge in [0.2, 0.25) is 0 Å². The molecule has 0 unspecified atom stereocenters. The fourth-order valence-corrected chi connectivity index (χ4v) is 3.63. The molecule has 0 saturated carbocycles. The number of ether oxygens (including phenoxy) is 2. The fourth-order valence-electron chi connectivity index (χ4n) is 3.63. The summed E-state index contributed by atoms with van der Waals surface area (Å²) in [5.41, 5.74) is 3.02. The number of nitrogens with one attached hydrogen (secondary N) is 2. The maximum absolute atomic E-state index is 12.7. The van der Waals surface area contributed by atoms with Crippen LogP contribution in [0.2, 0.25) is 0 Å². The highest BCUT2D eigenvalue weighted by atomic mass is 16.5. The molecule has 26 heavy (non-hydrogen) atoms. The lowest BCUT2D eigenvalue weighted by molar-refractivity contribution is -0.921. The summed E-state index contributed by atoms with van der Waals surface area (Å²) in [6, 6.07) is 15.9. The molecule has 136 valence electrons. The van der Waals surface area contributed by atoms with Gasteiger partial charge in [-0.1, -0.05) is 30.3 Å². The van der Waals surface area contributed by atoms with Crippen molar-refractivity contribution >= 4 is 5.91 Å². The number of carbonyl (C=O) groups excluding carboxylic acids is 1. The van der Waals surface area contributed by atoms with Crippen LogP contribution in [0, 0.1) is 0 Å². The molecule has 2 aromatic rings. The van der Waals surface area contributed by atoms with E-state index in [-0.39, 0.29) is 11.9 Å². The molecule has 5 heteroatoms. The highest BCUT2D eigenvalue weighted by molar-refractivity contribution is 5.94. The number of benzene rings is 2. The summed E-state index contributed by atoms with van der Waals surface area (Å²) in [6.07, 6.45) is 0.793. The Balaban J connectivity index is 1.39. The third-order valence-electron chi connectivity index (χ3n) is 5.13. The lowest BCUT2D eigenvalue weighted by Crippen LogP contribution is -3.12. The number of fused-ring (bicyclic) bond motifs is 1. The number of rotatable bonds is 4. The first-order valence-corrected chi connectivity index (χ1v) is 9.32. The Bertz CT molecular complexity index is 754. The zero-order chi connectivity index (χ0) is 17.8. The SMILES string of the molecule is O=C(N[C@@H]1CCOc2ccccc21)c1ccc(C[NH+]2CCOCC2)cc1. The van der Waals surface area contributed by atoms with E-state index < -0.39 is 0 Å². The number of amides is 1. The molecule has 2 aliphatic heterocycles. The Morgan fingerprint density at radius 1 is 1.04 bits per heavy atom. The van der Waals surface area contributed by atoms with Crippen LogP contribution in [-0.2, 0) is 11.3 Å². The molecule has 2 aliphatic rings. The van der Waals surface area contributed by atoms with Crippen LogP contribution in [0.15, 0.2) is 48.5 Å². The quantitative estimate of drug-likeness (QED) is 0.873. The molecule has 0 radical (unpaired) electrons. The Kier molecular flexibility index (Phi) is 5.18. The smallest absolute Gasteiger partial charge is 0.251 e. The Labute approximate surface area is 153 Å². The number of morpholine rings is 1. The molecule has 5 nitrogen and oxygen atoms in total. The predicted octanol–water partition coefficient (Wildman–Crippen LogP) is 1.36. The van der Waals surface area contributed by atoms with Gasteiger partial charge in [0, 0.05) is 23.1 Å². The first-order valence-electron chi connectivity index (χ1n) is 9.32. The summed E-state index contributed by atoms with van der Waals surface area (Å²) < 4.78 is 11.1. The van der Waals surface area contributed by atoms with Gasteiger partial charge in [-0.2, -0.15) is 0 Å². The standard InChI is InChI=1S/C21H24N2O3/c24-21(22-19-9-12-26-20-4-2-1-3-18(19)20)17-7-5-16(6-8-17)15-23-10-13-25-14-11-23/h1-8,19H,9-15H2,(H,22,24)/p+1/t19-/m1/s1. The molecule has 0 bridgehead atoms. The first kappa shape index (κ1) is 17.1. The second-order valence-electron chi connectivity index (χ2n) is 6.94. The van der Waals surface area contributed by atoms with Crippen molar-refractivity contribution in [3.63, 3.8) is 0 Å². The van der Waals surface area contributed by atoms with Crippen molar-refractivity contribution in [3.8, 4) is 5.75 Å². The number of para-hydroxylation sites is 1. The van der Waals surface area contributed by atoms with Crippen molar-refractivity contribution in [3.05, 3.63) is 65.2 Å². The van der Waals surface area contributed by atoms with E-state index in [1.165, 1.54) is 10.5 Å². The lowest BCUT2D eigenvalue weighted by atomic mass is 10.00. The van der Waals surface area contributed by atoms with Crippen molar-refractivity contribution in [1.82, 2.24) is 5.32 Å². The molecular formula is C21H25N2O3+. The van der Waals surface area contributed by atoms with Crippen molar-refractivity contribution in [2.45, 2.75) is 19.0 Å². The van der Waals surface area contributed by atoms with E-state index in [9.17, 15) is 4.79 Å². The third kappa shape index (κ3) is 3.89. The topological polar surface area (TPSA) is 52.0 Å². The number of hydrogen-bond acceptors (Lipinski definition) is 3. The predicted molar refractivity (Wildman–Crippen MR) is 98.4 cm³/mol. The van der Waals surface area contributed by atoms with E-state index in [1.54, 1.807) is 0 Å². The fraction of sp³-hybridized carbons (Fsp3) is 0.381. The van der Waals surface area contributed by atoms with Crippen molar-refractivity contribution in [1.29, 1.82) is 0 Å². The molecule has 4 rings (SSSR count). The van der Waals surface area contributed by atoms with Gasteiger partial charge in [-0.15, -0.1) is 0 Å². The van der Waals surface area contributed by atoms with Crippen LogP contribution in [0.4, 0.5) is 0 Å². The summed E-state index contributed by atoms with van der Waals surface area (Å²) in [6.45, 7) is 5.38. The van der Waals surface area contributed by atoms with Crippen LogP contribution in [0.5, 0.6) is 5.75 Å². The van der Waals surface area contributed by atoms with Gasteiger partial charge in [-0.3, -0.25) is 4.79 Å². The Morgan fingerprint density at radius 3 is 2.62 bits per heavy atom. The zero-order valence-corrected chi connectivity index (χ0v) is 14.9. The minimum Gasteiger partial charge on any atom is -0.493 e. The van der Waals surface area contributed by atoms with Crippen LogP contribution < -0.4 is 15.0 Å². The van der Waals surface area contributed by atoms with E-state index in [4.69, 9.17) is 9.47 Å². The minimum absolute atomic E-state index is 0.00456. The third-order valence-corrected chi connectivity index (χ3v) is 5.13. The molecule has 1 saturated heterocycles. The van der Waals surface area contributed by atoms with Gasteiger partial charge in [0.15, 0.2) is 0 Å². The van der Waals surface area contributed by atoms with E-state index in [0.29, 0.717) is 12.2 Å². The van der Waals surface area contributed by atoms with Crippen LogP contribution in [-0.4, -0.2) is 38.8 Å². The van der Waals surface area contributed by atoms with Gasteiger partial charge >= 0.3 is 0 Å². The second kappa shape index (κ2) is 7.89. The summed E-state index contributed by atoms with van der Waals surface area (Å²) >= 11 is 0. The molecule has 0 aromatic heterocycles. The van der Waals surface area contributed by atoms with E-state index in [2.05, 4.69) is 17.4 Å². The zero-order valence-electron chi connectivity index (χ0n) is 14.9. The molecule has 2 heterocycles. The Morgan fingerprint density at radius 2 is 1.81 bits per heavy atom. The highest BCUT2D eigenvalue weighted by Crippen LogP contribution is 2.31. The van der Waals surface area contributed by atoms with E-state index in [1.807, 2.05) is 36.4 Å². The summed E-state index contributed by atoms with van der Waals surface area (Å²) in [5, 5.41) is 3.15. The number of hydrogen-bond donors (Lipinski definition) is 2. The van der Waals surface area contributed by atoms with Gasteiger partial charge in [-0.05, 0) is 18.2 Å². The van der Waals surface area contributed by atoms with Crippen LogP contribution in [0.1, 0.15) is 33.9 Å². The van der Waals surface area contributed by atoms with E-state index in [0.717, 1.165) is 50.6 Å². The summed E-state index contributed by atoms with van der Waals surface area (Å²) in [4.78, 5) is 14.2. The van der Waals surface area contributed by atoms with Crippen LogP contribution >= 0.6 is 0 Å². The van der Waals surface area contributed by atoms with E-state index >= 15 is 0 Å². The number of carbonyl (C=O) groups is 1. The normalized spacial score (nSPS) is 20.1. The molecule has 0 aliphatic carbocycles. The van der Waals surface area contributed by atoms with Gasteiger partial charge in [0.1, 0.15) is 25.4 Å². The summed E-state index contributed by atoms with van der Waals surface area (Å²) in [7, 11) is 0. The first-order chi connectivity index (χ1) is 12.8. The molecule has 1 atom stereocenters. The van der Waals surface area contributed by atoms with Gasteiger partial charge in [-0.25, -0.2) is 0 Å². The largest absolute Gasteiger partial charge is 0.493 e. The van der Waals surface area contributed by atoms with Crippen molar-refractivity contribution in [2.75, 3.05) is 32.9 Å². The Hall–Kier alpha value is -2.37. The minimum atomic E-state index is -0.0306. The number of quaternary nitrogens is 1. The lowest BCUT2D eigenvalue weighted by Gasteiger charge is -2.26. The van der Waals surface area contributed by atoms with Crippen LogP contribution in [0.25, 0.3) is 0 Å². The molecular weight excluding hydrogens is 328 g/mol. The molecule has 0 spiro atoms. The maximum atomic E-state index is 12.7. The van der Waals surface area contributed by atoms with Gasteiger partial charge in [0.25, 0.3) is 5.91 Å².